The van der Waals surface area contributed by atoms with Crippen LogP contribution in [-0.2, 0) is 0 Å². The van der Waals surface area contributed by atoms with Crippen LogP contribution in [0.1, 0.15) is 38.3 Å². The van der Waals surface area contributed by atoms with Crippen molar-refractivity contribution < 1.29 is 4.74 Å². The first-order valence-electron chi connectivity index (χ1n) is 4.99. The van der Waals surface area contributed by atoms with E-state index in [1.165, 1.54) is 12.8 Å². The molecule has 0 atom stereocenters. The minimum absolute atomic E-state index is 0.439. The van der Waals surface area contributed by atoms with Crippen LogP contribution in [0, 0.1) is 0 Å². The van der Waals surface area contributed by atoms with E-state index in [0.29, 0.717) is 12.0 Å². The average Bonchev–Trinajstić information content (AvgIpc) is 2.92. The third-order valence-corrected chi connectivity index (χ3v) is 2.85. The second-order valence-electron chi connectivity index (χ2n) is 4.01. The normalized spacial score (nSPS) is 16.0. The van der Waals surface area contributed by atoms with Crippen LogP contribution in [0.5, 0.6) is 5.75 Å². The van der Waals surface area contributed by atoms with Crippen LogP contribution in [0.25, 0.3) is 0 Å². The van der Waals surface area contributed by atoms with Crippen molar-refractivity contribution in [3.63, 3.8) is 0 Å². The quantitative estimate of drug-likeness (QED) is 0.825. The van der Waals surface area contributed by atoms with Gasteiger partial charge in [0.2, 0.25) is 0 Å². The highest BCUT2D eigenvalue weighted by Gasteiger charge is 2.24. The van der Waals surface area contributed by atoms with Crippen LogP contribution in [0.15, 0.2) is 16.7 Å². The summed E-state index contributed by atoms with van der Waals surface area (Å²) >= 11 is 3.45. The third-order valence-electron chi connectivity index (χ3n) is 2.25. The number of hydrogen-bond acceptors (Lipinski definition) is 2. The Bertz CT molecular complexity index is 334. The number of ether oxygens (including phenoxy) is 1. The first-order valence-corrected chi connectivity index (χ1v) is 5.78. The van der Waals surface area contributed by atoms with E-state index >= 15 is 0 Å². The average molecular weight is 256 g/mol. The molecule has 14 heavy (non-hydrogen) atoms. The highest BCUT2D eigenvalue weighted by Crippen LogP contribution is 2.33. The minimum atomic E-state index is 0.439. The largest absolute Gasteiger partial charge is 0.489 e. The van der Waals surface area contributed by atoms with E-state index in [-0.39, 0.29) is 0 Å². The molecule has 0 amide bonds. The maximum atomic E-state index is 5.76. The van der Waals surface area contributed by atoms with Gasteiger partial charge in [0.1, 0.15) is 5.75 Å². The Morgan fingerprint density at radius 1 is 1.50 bits per heavy atom. The summed E-state index contributed by atoms with van der Waals surface area (Å²) in [4.78, 5) is 4.34. The van der Waals surface area contributed by atoms with E-state index in [1.54, 1.807) is 0 Å². The zero-order chi connectivity index (χ0) is 10.1. The Kier molecular flexibility index (Phi) is 2.77. The van der Waals surface area contributed by atoms with Crippen LogP contribution in [-0.4, -0.2) is 11.1 Å². The summed E-state index contributed by atoms with van der Waals surface area (Å²) < 4.78 is 6.71. The molecule has 1 saturated carbocycles. The molecule has 0 N–H and O–H groups in total. The number of halogens is 1. The maximum Gasteiger partial charge on any atom is 0.137 e. The molecule has 0 radical (unpaired) electrons. The zero-order valence-electron chi connectivity index (χ0n) is 8.46. The van der Waals surface area contributed by atoms with Gasteiger partial charge in [-0.15, -0.1) is 0 Å². The molecule has 3 heteroatoms. The summed E-state index contributed by atoms with van der Waals surface area (Å²) in [5.74, 6) is 1.39. The lowest BCUT2D eigenvalue weighted by molar-refractivity contribution is 0.300. The predicted molar refractivity (Wildman–Crippen MR) is 59.7 cm³/mol. The molecule has 1 aromatic rings. The third kappa shape index (κ3) is 2.27. The van der Waals surface area contributed by atoms with Gasteiger partial charge in [-0.05, 0) is 34.7 Å². The molecule has 2 nitrogen and oxygen atoms in total. The zero-order valence-corrected chi connectivity index (χ0v) is 10.0. The van der Waals surface area contributed by atoms with Crippen molar-refractivity contribution >= 4 is 15.9 Å². The van der Waals surface area contributed by atoms with Gasteiger partial charge in [-0.25, -0.2) is 0 Å². The van der Waals surface area contributed by atoms with Crippen molar-refractivity contribution in [2.45, 2.75) is 38.7 Å². The lowest BCUT2D eigenvalue weighted by Gasteiger charge is -2.10. The highest BCUT2D eigenvalue weighted by molar-refractivity contribution is 9.10. The van der Waals surface area contributed by atoms with Crippen molar-refractivity contribution in [2.24, 2.45) is 0 Å². The van der Waals surface area contributed by atoms with Crippen LogP contribution < -0.4 is 4.74 Å². The molecule has 0 spiro atoms. The summed E-state index contributed by atoms with van der Waals surface area (Å²) in [6.07, 6.45) is 4.64. The molecule has 1 aromatic heterocycles. The number of rotatable bonds is 3. The van der Waals surface area contributed by atoms with E-state index < -0.39 is 0 Å². The van der Waals surface area contributed by atoms with Crippen molar-refractivity contribution in [2.75, 3.05) is 0 Å². The Morgan fingerprint density at radius 3 is 2.79 bits per heavy atom. The second-order valence-corrected chi connectivity index (χ2v) is 4.87. The topological polar surface area (TPSA) is 22.1 Å². The lowest BCUT2D eigenvalue weighted by atomic mass is 10.1. The van der Waals surface area contributed by atoms with Gasteiger partial charge in [0.15, 0.2) is 0 Å². The number of nitrogens with zero attached hydrogens (tertiary/aromatic N) is 1. The molecule has 1 aliphatic carbocycles. The minimum Gasteiger partial charge on any atom is -0.489 e. The standard InChI is InChI=1S/C11H14BrNO/c1-7(2)10-5-11(9(12)6-13-10)14-8-3-4-8/h5-8H,3-4H2,1-2H3. The molecule has 1 heterocycles. The molecule has 2 rings (SSSR count). The van der Waals surface area contributed by atoms with Crippen LogP contribution >= 0.6 is 15.9 Å². The van der Waals surface area contributed by atoms with E-state index in [4.69, 9.17) is 4.74 Å². The first-order chi connectivity index (χ1) is 6.66. The fourth-order valence-corrected chi connectivity index (χ4v) is 1.52. The van der Waals surface area contributed by atoms with Crippen molar-refractivity contribution in [3.8, 4) is 5.75 Å². The van der Waals surface area contributed by atoms with E-state index in [0.717, 1.165) is 15.9 Å². The maximum absolute atomic E-state index is 5.76. The number of aromatic nitrogens is 1. The highest BCUT2D eigenvalue weighted by atomic mass is 79.9. The molecule has 0 bridgehead atoms. The second kappa shape index (κ2) is 3.89. The fraction of sp³-hybridized carbons (Fsp3) is 0.545. The number of pyridine rings is 1. The summed E-state index contributed by atoms with van der Waals surface area (Å²) in [7, 11) is 0. The van der Waals surface area contributed by atoms with Gasteiger partial charge in [-0.2, -0.15) is 0 Å². The Balaban J connectivity index is 2.21. The van der Waals surface area contributed by atoms with Gasteiger partial charge in [-0.3, -0.25) is 4.98 Å². The van der Waals surface area contributed by atoms with E-state index in [1.807, 2.05) is 12.3 Å². The van der Waals surface area contributed by atoms with Crippen molar-refractivity contribution in [1.82, 2.24) is 4.98 Å². The molecule has 0 saturated heterocycles. The van der Waals surface area contributed by atoms with Gasteiger partial charge in [0.05, 0.1) is 10.6 Å². The van der Waals surface area contributed by atoms with E-state index in [2.05, 4.69) is 34.8 Å². The van der Waals surface area contributed by atoms with E-state index in [9.17, 15) is 0 Å². The van der Waals surface area contributed by atoms with Crippen LogP contribution in [0.3, 0.4) is 0 Å². The lowest BCUT2D eigenvalue weighted by Crippen LogP contribution is -2.00. The molecule has 0 aliphatic heterocycles. The molecule has 0 unspecified atom stereocenters. The molecule has 1 aliphatic rings. The van der Waals surface area contributed by atoms with Gasteiger partial charge in [0.25, 0.3) is 0 Å². The summed E-state index contributed by atoms with van der Waals surface area (Å²) in [6, 6.07) is 2.03. The predicted octanol–water partition coefficient (Wildman–Crippen LogP) is 3.51. The van der Waals surface area contributed by atoms with Gasteiger partial charge >= 0.3 is 0 Å². The SMILES string of the molecule is CC(C)c1cc(OC2CC2)c(Br)cn1. The summed E-state index contributed by atoms with van der Waals surface area (Å²) in [5.41, 5.74) is 1.09. The fourth-order valence-electron chi connectivity index (χ4n) is 1.21. The van der Waals surface area contributed by atoms with Crippen LogP contribution in [0.4, 0.5) is 0 Å². The molecule has 0 aromatic carbocycles. The van der Waals surface area contributed by atoms with Gasteiger partial charge in [-0.1, -0.05) is 13.8 Å². The Morgan fingerprint density at radius 2 is 2.21 bits per heavy atom. The van der Waals surface area contributed by atoms with Crippen LogP contribution in [0.2, 0.25) is 0 Å². The monoisotopic (exact) mass is 255 g/mol. The van der Waals surface area contributed by atoms with Gasteiger partial charge < -0.3 is 4.74 Å². The molecule has 76 valence electrons. The Hall–Kier alpha value is -0.570. The Labute approximate surface area is 92.8 Å². The first kappa shape index (κ1) is 9.97. The van der Waals surface area contributed by atoms with Crippen molar-refractivity contribution in [3.05, 3.63) is 22.4 Å². The molecule has 1 fully saturated rings. The van der Waals surface area contributed by atoms with Crippen molar-refractivity contribution in [1.29, 1.82) is 0 Å². The molecular formula is C11H14BrNO. The summed E-state index contributed by atoms with van der Waals surface area (Å²) in [6.45, 7) is 4.27. The molecular weight excluding hydrogens is 242 g/mol. The smallest absolute Gasteiger partial charge is 0.137 e. The van der Waals surface area contributed by atoms with Gasteiger partial charge in [0, 0.05) is 18.0 Å². The number of hydrogen-bond donors (Lipinski definition) is 0. The summed E-state index contributed by atoms with van der Waals surface area (Å²) in [5, 5.41) is 0.